The van der Waals surface area contributed by atoms with Crippen molar-refractivity contribution in [3.63, 3.8) is 0 Å². The molecule has 0 saturated carbocycles. The van der Waals surface area contributed by atoms with E-state index in [1.807, 2.05) is 19.1 Å². The molecule has 72 valence electrons. The van der Waals surface area contributed by atoms with Gasteiger partial charge in [-0.2, -0.15) is 0 Å². The number of benzene rings is 1. The highest BCUT2D eigenvalue weighted by Gasteiger charge is 2.06. The van der Waals surface area contributed by atoms with Gasteiger partial charge < -0.3 is 4.42 Å². The van der Waals surface area contributed by atoms with E-state index in [1.165, 1.54) is 16.7 Å². The second kappa shape index (κ2) is 3.33. The number of rotatable bonds is 1. The number of furan rings is 1. The molecule has 0 spiro atoms. The summed E-state index contributed by atoms with van der Waals surface area (Å²) in [5.74, 6) is 1.92. The van der Waals surface area contributed by atoms with Gasteiger partial charge in [0.2, 0.25) is 0 Å². The van der Waals surface area contributed by atoms with Crippen LogP contribution in [0, 0.1) is 20.8 Å². The summed E-state index contributed by atoms with van der Waals surface area (Å²) in [5.41, 5.74) is 3.79. The molecule has 0 unspecified atom stereocenters. The molecule has 14 heavy (non-hydrogen) atoms. The van der Waals surface area contributed by atoms with E-state index in [0.29, 0.717) is 0 Å². The van der Waals surface area contributed by atoms with Gasteiger partial charge in [0.05, 0.1) is 0 Å². The predicted octanol–water partition coefficient (Wildman–Crippen LogP) is 3.87. The van der Waals surface area contributed by atoms with Gasteiger partial charge in [-0.15, -0.1) is 0 Å². The first-order valence-corrected chi connectivity index (χ1v) is 4.81. The predicted molar refractivity (Wildman–Crippen MR) is 58.4 cm³/mol. The lowest BCUT2D eigenvalue weighted by molar-refractivity contribution is 0.548. The number of aryl methyl sites for hydroxylation is 2. The molecule has 2 rings (SSSR count). The largest absolute Gasteiger partial charge is 0.461 e. The summed E-state index contributed by atoms with van der Waals surface area (Å²) < 4.78 is 5.61. The van der Waals surface area contributed by atoms with Crippen molar-refractivity contribution in [1.29, 1.82) is 0 Å². The van der Waals surface area contributed by atoms with E-state index in [4.69, 9.17) is 4.42 Å². The maximum absolute atomic E-state index is 5.61. The van der Waals surface area contributed by atoms with Crippen molar-refractivity contribution in [2.75, 3.05) is 0 Å². The molecule has 0 atom stereocenters. The van der Waals surface area contributed by atoms with E-state index in [-0.39, 0.29) is 0 Å². The van der Waals surface area contributed by atoms with E-state index >= 15 is 0 Å². The third-order valence-electron chi connectivity index (χ3n) is 2.61. The second-order valence-electron chi connectivity index (χ2n) is 3.66. The molecule has 0 radical (unpaired) electrons. The van der Waals surface area contributed by atoms with Crippen LogP contribution in [0.1, 0.15) is 16.9 Å². The molecule has 0 saturated heterocycles. The van der Waals surface area contributed by atoms with Crippen LogP contribution in [0.4, 0.5) is 0 Å². The molecule has 1 nitrogen and oxygen atoms in total. The van der Waals surface area contributed by atoms with E-state index in [0.717, 1.165) is 11.5 Å². The van der Waals surface area contributed by atoms with E-state index in [1.54, 1.807) is 0 Å². The molecule has 1 heteroatoms. The lowest BCUT2D eigenvalue weighted by Gasteiger charge is -2.05. The molecule has 0 amide bonds. The minimum atomic E-state index is 0.959. The average molecular weight is 186 g/mol. The Balaban J connectivity index is 2.57. The highest BCUT2D eigenvalue weighted by molar-refractivity contribution is 5.63. The van der Waals surface area contributed by atoms with E-state index < -0.39 is 0 Å². The summed E-state index contributed by atoms with van der Waals surface area (Å²) in [4.78, 5) is 0. The van der Waals surface area contributed by atoms with Crippen LogP contribution >= 0.6 is 0 Å². The van der Waals surface area contributed by atoms with Crippen molar-refractivity contribution >= 4 is 0 Å². The van der Waals surface area contributed by atoms with Crippen LogP contribution in [0.5, 0.6) is 0 Å². The van der Waals surface area contributed by atoms with Gasteiger partial charge in [0.15, 0.2) is 0 Å². The first-order chi connectivity index (χ1) is 6.68. The van der Waals surface area contributed by atoms with Crippen LogP contribution in [0.15, 0.2) is 34.7 Å². The van der Waals surface area contributed by atoms with Gasteiger partial charge in [0.1, 0.15) is 11.5 Å². The van der Waals surface area contributed by atoms with Crippen LogP contribution in [0.2, 0.25) is 0 Å². The van der Waals surface area contributed by atoms with Gasteiger partial charge in [-0.3, -0.25) is 0 Å². The van der Waals surface area contributed by atoms with Crippen LogP contribution in [0.25, 0.3) is 11.3 Å². The molecular weight excluding hydrogens is 172 g/mol. The van der Waals surface area contributed by atoms with Crippen molar-refractivity contribution in [2.24, 2.45) is 0 Å². The summed E-state index contributed by atoms with van der Waals surface area (Å²) in [7, 11) is 0. The third kappa shape index (κ3) is 1.46. The van der Waals surface area contributed by atoms with Crippen molar-refractivity contribution < 1.29 is 4.42 Å². The van der Waals surface area contributed by atoms with Gasteiger partial charge >= 0.3 is 0 Å². The van der Waals surface area contributed by atoms with E-state index in [2.05, 4.69) is 32.0 Å². The summed E-state index contributed by atoms with van der Waals surface area (Å²) in [6.07, 6.45) is 0. The topological polar surface area (TPSA) is 13.1 Å². The standard InChI is InChI=1S/C13H14O/c1-9-5-4-6-12(11(9)3)13-8-7-10(2)14-13/h4-8H,1-3H3. The smallest absolute Gasteiger partial charge is 0.134 e. The molecule has 0 N–H and O–H groups in total. The minimum Gasteiger partial charge on any atom is -0.461 e. The Hall–Kier alpha value is -1.50. The van der Waals surface area contributed by atoms with E-state index in [9.17, 15) is 0 Å². The Morgan fingerprint density at radius 1 is 0.929 bits per heavy atom. The lowest BCUT2D eigenvalue weighted by atomic mass is 10.0. The zero-order chi connectivity index (χ0) is 10.1. The first-order valence-electron chi connectivity index (χ1n) is 4.81. The number of hydrogen-bond donors (Lipinski definition) is 0. The molecule has 0 bridgehead atoms. The zero-order valence-electron chi connectivity index (χ0n) is 8.79. The molecule has 2 aromatic rings. The Kier molecular flexibility index (Phi) is 2.16. The molecule has 1 aromatic heterocycles. The summed E-state index contributed by atoms with van der Waals surface area (Å²) in [5, 5.41) is 0. The van der Waals surface area contributed by atoms with Crippen molar-refractivity contribution in [2.45, 2.75) is 20.8 Å². The zero-order valence-corrected chi connectivity index (χ0v) is 8.79. The summed E-state index contributed by atoms with van der Waals surface area (Å²) >= 11 is 0. The SMILES string of the molecule is Cc1ccc(-c2cccc(C)c2C)o1. The monoisotopic (exact) mass is 186 g/mol. The van der Waals surface area contributed by atoms with Gasteiger partial charge in [0.25, 0.3) is 0 Å². The molecule has 0 fully saturated rings. The summed E-state index contributed by atoms with van der Waals surface area (Å²) in [6, 6.07) is 10.3. The van der Waals surface area contributed by atoms with Crippen LogP contribution in [0.3, 0.4) is 0 Å². The molecule has 1 heterocycles. The van der Waals surface area contributed by atoms with Crippen LogP contribution < -0.4 is 0 Å². The molecule has 1 aromatic carbocycles. The van der Waals surface area contributed by atoms with Gasteiger partial charge in [-0.05, 0) is 44.0 Å². The Morgan fingerprint density at radius 2 is 1.71 bits per heavy atom. The van der Waals surface area contributed by atoms with Crippen molar-refractivity contribution in [3.05, 3.63) is 47.2 Å². The molecule has 0 aliphatic heterocycles. The van der Waals surface area contributed by atoms with Crippen LogP contribution in [-0.2, 0) is 0 Å². The maximum Gasteiger partial charge on any atom is 0.134 e. The second-order valence-corrected chi connectivity index (χ2v) is 3.66. The maximum atomic E-state index is 5.61. The van der Waals surface area contributed by atoms with Crippen molar-refractivity contribution in [3.8, 4) is 11.3 Å². The Morgan fingerprint density at radius 3 is 2.36 bits per heavy atom. The third-order valence-corrected chi connectivity index (χ3v) is 2.61. The molecule has 0 aliphatic rings. The fourth-order valence-corrected chi connectivity index (χ4v) is 1.60. The molecule has 0 aliphatic carbocycles. The fraction of sp³-hybridized carbons (Fsp3) is 0.231. The number of hydrogen-bond acceptors (Lipinski definition) is 1. The average Bonchev–Trinajstić information content (AvgIpc) is 2.57. The normalized spacial score (nSPS) is 10.5. The Bertz CT molecular complexity index is 452. The first kappa shape index (κ1) is 9.07. The highest BCUT2D eigenvalue weighted by atomic mass is 16.3. The van der Waals surface area contributed by atoms with Gasteiger partial charge in [0, 0.05) is 5.56 Å². The quantitative estimate of drug-likeness (QED) is 0.658. The Labute approximate surface area is 84.4 Å². The highest BCUT2D eigenvalue weighted by Crippen LogP contribution is 2.26. The lowest BCUT2D eigenvalue weighted by Crippen LogP contribution is -1.84. The van der Waals surface area contributed by atoms with Crippen LogP contribution in [-0.4, -0.2) is 0 Å². The van der Waals surface area contributed by atoms with Gasteiger partial charge in [-0.25, -0.2) is 0 Å². The summed E-state index contributed by atoms with van der Waals surface area (Å²) in [6.45, 7) is 6.21. The molecular formula is C13H14O. The fourth-order valence-electron chi connectivity index (χ4n) is 1.60. The van der Waals surface area contributed by atoms with Gasteiger partial charge in [-0.1, -0.05) is 18.2 Å². The minimum absolute atomic E-state index is 0.959. The van der Waals surface area contributed by atoms with Crippen molar-refractivity contribution in [1.82, 2.24) is 0 Å².